The lowest BCUT2D eigenvalue weighted by Crippen LogP contribution is -2.31. The van der Waals surface area contributed by atoms with Crippen LogP contribution in [-0.2, 0) is 20.7 Å². The molecule has 0 radical (unpaired) electrons. The summed E-state index contributed by atoms with van der Waals surface area (Å²) in [5, 5.41) is 0. The molecule has 118 valence electrons. The first-order chi connectivity index (χ1) is 10.3. The van der Waals surface area contributed by atoms with Gasteiger partial charge in [-0.05, 0) is 51.7 Å². The van der Waals surface area contributed by atoms with Gasteiger partial charge in [0.05, 0.1) is 5.92 Å². The molecule has 1 aromatic rings. The van der Waals surface area contributed by atoms with Crippen molar-refractivity contribution in [3.63, 3.8) is 0 Å². The summed E-state index contributed by atoms with van der Waals surface area (Å²) in [4.78, 5) is 24.3. The summed E-state index contributed by atoms with van der Waals surface area (Å²) in [6, 6.07) is 9.88. The van der Waals surface area contributed by atoms with E-state index in [9.17, 15) is 9.59 Å². The lowest BCUT2D eigenvalue weighted by Gasteiger charge is -2.26. The Kier molecular flexibility index (Phi) is 5.17. The topological polar surface area (TPSA) is 43.4 Å². The van der Waals surface area contributed by atoms with Crippen LogP contribution in [-0.4, -0.2) is 17.4 Å². The van der Waals surface area contributed by atoms with E-state index in [2.05, 4.69) is 0 Å². The molecule has 1 aromatic carbocycles. The molecular formula is C19H24O3. The van der Waals surface area contributed by atoms with Gasteiger partial charge in [0.15, 0.2) is 5.78 Å². The lowest BCUT2D eigenvalue weighted by atomic mass is 9.84. The molecule has 1 atom stereocenters. The van der Waals surface area contributed by atoms with Crippen LogP contribution in [0.3, 0.4) is 0 Å². The fourth-order valence-corrected chi connectivity index (χ4v) is 2.68. The van der Waals surface area contributed by atoms with E-state index in [-0.39, 0.29) is 17.7 Å². The van der Waals surface area contributed by atoms with Gasteiger partial charge in [-0.15, -0.1) is 0 Å². The molecular weight excluding hydrogens is 276 g/mol. The number of allylic oxidation sites excluding steroid dienone is 1. The maximum absolute atomic E-state index is 12.6. The van der Waals surface area contributed by atoms with Crippen LogP contribution in [0.4, 0.5) is 0 Å². The quantitative estimate of drug-likeness (QED) is 0.793. The minimum Gasteiger partial charge on any atom is -0.459 e. The second-order valence-electron chi connectivity index (χ2n) is 6.81. The molecule has 0 spiro atoms. The van der Waals surface area contributed by atoms with Crippen molar-refractivity contribution in [3.05, 3.63) is 47.5 Å². The zero-order valence-electron chi connectivity index (χ0n) is 13.6. The van der Waals surface area contributed by atoms with Crippen molar-refractivity contribution in [2.45, 2.75) is 52.1 Å². The first-order valence-electron chi connectivity index (χ1n) is 7.85. The van der Waals surface area contributed by atoms with Gasteiger partial charge in [-0.3, -0.25) is 9.59 Å². The molecule has 1 aliphatic carbocycles. The number of carbonyl (C=O) groups is 2. The number of benzene rings is 1. The molecule has 3 nitrogen and oxygen atoms in total. The molecule has 0 bridgehead atoms. The van der Waals surface area contributed by atoms with Crippen LogP contribution in [0.5, 0.6) is 0 Å². The predicted molar refractivity (Wildman–Crippen MR) is 86.4 cm³/mol. The van der Waals surface area contributed by atoms with E-state index in [0.29, 0.717) is 12.8 Å². The van der Waals surface area contributed by atoms with Crippen molar-refractivity contribution in [2.24, 2.45) is 5.92 Å². The SMILES string of the molecule is CC(C)(C)OC(=O)C(Cc1ccccc1)C1=CC(=O)CCC1. The highest BCUT2D eigenvalue weighted by molar-refractivity contribution is 5.92. The number of hydrogen-bond acceptors (Lipinski definition) is 3. The minimum atomic E-state index is -0.523. The van der Waals surface area contributed by atoms with Crippen molar-refractivity contribution < 1.29 is 14.3 Å². The van der Waals surface area contributed by atoms with E-state index in [1.54, 1.807) is 6.08 Å². The number of hydrogen-bond donors (Lipinski definition) is 0. The van der Waals surface area contributed by atoms with Gasteiger partial charge in [-0.25, -0.2) is 0 Å². The number of rotatable bonds is 4. The highest BCUT2D eigenvalue weighted by Gasteiger charge is 2.30. The first-order valence-corrected chi connectivity index (χ1v) is 7.85. The molecule has 1 aliphatic rings. The molecule has 0 fully saturated rings. The molecule has 0 aliphatic heterocycles. The smallest absolute Gasteiger partial charge is 0.313 e. The summed E-state index contributed by atoms with van der Waals surface area (Å²) in [5.41, 5.74) is 1.47. The zero-order valence-corrected chi connectivity index (χ0v) is 13.6. The molecule has 0 saturated heterocycles. The van der Waals surface area contributed by atoms with Crippen molar-refractivity contribution >= 4 is 11.8 Å². The Hall–Kier alpha value is -1.90. The molecule has 0 amide bonds. The normalized spacial score (nSPS) is 16.9. The van der Waals surface area contributed by atoms with E-state index in [0.717, 1.165) is 24.0 Å². The van der Waals surface area contributed by atoms with Gasteiger partial charge < -0.3 is 4.74 Å². The summed E-state index contributed by atoms with van der Waals surface area (Å²) in [6.45, 7) is 5.60. The van der Waals surface area contributed by atoms with Crippen LogP contribution in [0.1, 0.15) is 45.6 Å². The van der Waals surface area contributed by atoms with Gasteiger partial charge >= 0.3 is 5.97 Å². The van der Waals surface area contributed by atoms with Crippen LogP contribution < -0.4 is 0 Å². The number of carbonyl (C=O) groups excluding carboxylic acids is 2. The molecule has 3 heteroatoms. The molecule has 0 aromatic heterocycles. The Morgan fingerprint density at radius 2 is 1.86 bits per heavy atom. The predicted octanol–water partition coefficient (Wildman–Crippen LogP) is 3.87. The number of ketones is 1. The van der Waals surface area contributed by atoms with Crippen LogP contribution in [0, 0.1) is 5.92 Å². The summed E-state index contributed by atoms with van der Waals surface area (Å²) >= 11 is 0. The summed E-state index contributed by atoms with van der Waals surface area (Å²) < 4.78 is 5.57. The van der Waals surface area contributed by atoms with E-state index >= 15 is 0 Å². The van der Waals surface area contributed by atoms with Crippen LogP contribution in [0.2, 0.25) is 0 Å². The Balaban J connectivity index is 2.24. The van der Waals surface area contributed by atoms with Gasteiger partial charge in [0.25, 0.3) is 0 Å². The Morgan fingerprint density at radius 1 is 1.18 bits per heavy atom. The fraction of sp³-hybridized carbons (Fsp3) is 0.474. The van der Waals surface area contributed by atoms with Gasteiger partial charge in [0.1, 0.15) is 5.60 Å². The molecule has 0 saturated carbocycles. The van der Waals surface area contributed by atoms with Crippen LogP contribution in [0.25, 0.3) is 0 Å². The van der Waals surface area contributed by atoms with Gasteiger partial charge in [0.2, 0.25) is 0 Å². The first kappa shape index (κ1) is 16.5. The molecule has 2 rings (SSSR count). The van der Waals surface area contributed by atoms with Crippen LogP contribution >= 0.6 is 0 Å². The largest absolute Gasteiger partial charge is 0.459 e. The average molecular weight is 300 g/mol. The molecule has 1 unspecified atom stereocenters. The summed E-state index contributed by atoms with van der Waals surface area (Å²) in [5.74, 6) is -0.494. The molecule has 22 heavy (non-hydrogen) atoms. The number of ether oxygens (including phenoxy) is 1. The maximum Gasteiger partial charge on any atom is 0.313 e. The Morgan fingerprint density at radius 3 is 2.45 bits per heavy atom. The second kappa shape index (κ2) is 6.91. The van der Waals surface area contributed by atoms with Crippen molar-refractivity contribution in [1.82, 2.24) is 0 Å². The standard InChI is InChI=1S/C19H24O3/c1-19(2,3)22-18(21)17(12-14-8-5-4-6-9-14)15-10-7-11-16(20)13-15/h4-6,8-9,13,17H,7,10-12H2,1-3H3. The minimum absolute atomic E-state index is 0.114. The van der Waals surface area contributed by atoms with E-state index in [4.69, 9.17) is 4.74 Å². The fourth-order valence-electron chi connectivity index (χ4n) is 2.68. The van der Waals surface area contributed by atoms with Crippen LogP contribution in [0.15, 0.2) is 42.0 Å². The van der Waals surface area contributed by atoms with E-state index < -0.39 is 5.60 Å². The van der Waals surface area contributed by atoms with Gasteiger partial charge in [-0.2, -0.15) is 0 Å². The van der Waals surface area contributed by atoms with Gasteiger partial charge in [-0.1, -0.05) is 35.9 Å². The van der Waals surface area contributed by atoms with E-state index in [1.807, 2.05) is 51.1 Å². The average Bonchev–Trinajstić information content (AvgIpc) is 2.44. The van der Waals surface area contributed by atoms with E-state index in [1.165, 1.54) is 0 Å². The third-order valence-corrected chi connectivity index (χ3v) is 3.66. The van der Waals surface area contributed by atoms with Crippen molar-refractivity contribution in [1.29, 1.82) is 0 Å². The summed E-state index contributed by atoms with van der Waals surface area (Å²) in [6.07, 6.45) is 4.42. The molecule has 0 heterocycles. The third kappa shape index (κ3) is 4.83. The van der Waals surface area contributed by atoms with Crippen molar-refractivity contribution in [3.8, 4) is 0 Å². The Labute approximate surface area is 132 Å². The monoisotopic (exact) mass is 300 g/mol. The maximum atomic E-state index is 12.6. The lowest BCUT2D eigenvalue weighted by molar-refractivity contribution is -0.158. The Bertz CT molecular complexity index is 564. The van der Waals surface area contributed by atoms with Gasteiger partial charge in [0, 0.05) is 6.42 Å². The summed E-state index contributed by atoms with van der Waals surface area (Å²) in [7, 11) is 0. The second-order valence-corrected chi connectivity index (χ2v) is 6.81. The highest BCUT2D eigenvalue weighted by Crippen LogP contribution is 2.28. The highest BCUT2D eigenvalue weighted by atomic mass is 16.6. The zero-order chi connectivity index (χ0) is 16.2. The molecule has 0 N–H and O–H groups in total. The van der Waals surface area contributed by atoms with Crippen molar-refractivity contribution in [2.75, 3.05) is 0 Å². The number of esters is 1. The third-order valence-electron chi connectivity index (χ3n) is 3.66.